The largest absolute Gasteiger partial charge is 0.358 e. The molecule has 0 unspecified atom stereocenters. The van der Waals surface area contributed by atoms with E-state index in [0.717, 1.165) is 54.0 Å². The van der Waals surface area contributed by atoms with E-state index < -0.39 is 0 Å². The molecule has 2 aromatic rings. The zero-order valence-electron chi connectivity index (χ0n) is 12.5. The summed E-state index contributed by atoms with van der Waals surface area (Å²) in [5.41, 5.74) is 4.12. The second-order valence-corrected chi connectivity index (χ2v) is 6.15. The van der Waals surface area contributed by atoms with E-state index in [1.807, 2.05) is 11.8 Å². The number of rotatable bonds is 1. The third kappa shape index (κ3) is 2.21. The summed E-state index contributed by atoms with van der Waals surface area (Å²) in [6, 6.07) is 6.25. The van der Waals surface area contributed by atoms with Crippen LogP contribution < -0.4 is 0 Å². The van der Waals surface area contributed by atoms with Gasteiger partial charge in [-0.05, 0) is 44.2 Å². The summed E-state index contributed by atoms with van der Waals surface area (Å²) in [6.07, 6.45) is 2.23. The molecule has 1 fully saturated rings. The van der Waals surface area contributed by atoms with Crippen molar-refractivity contribution >= 4 is 16.8 Å². The number of nitrogens with zero attached hydrogens (tertiary/aromatic N) is 1. The average molecular weight is 270 g/mol. The summed E-state index contributed by atoms with van der Waals surface area (Å²) >= 11 is 0. The van der Waals surface area contributed by atoms with Crippen molar-refractivity contribution in [2.24, 2.45) is 5.92 Å². The van der Waals surface area contributed by atoms with Crippen LogP contribution in [0.3, 0.4) is 0 Å². The fraction of sp³-hybridized carbons (Fsp3) is 0.471. The Morgan fingerprint density at radius 1 is 1.25 bits per heavy atom. The molecule has 0 saturated carbocycles. The van der Waals surface area contributed by atoms with Crippen molar-refractivity contribution in [3.05, 3.63) is 35.0 Å². The van der Waals surface area contributed by atoms with Crippen molar-refractivity contribution < 1.29 is 4.79 Å². The molecule has 1 aromatic heterocycles. The Morgan fingerprint density at radius 3 is 2.65 bits per heavy atom. The molecule has 1 aliphatic rings. The number of piperidine rings is 1. The molecule has 20 heavy (non-hydrogen) atoms. The second-order valence-electron chi connectivity index (χ2n) is 6.15. The fourth-order valence-corrected chi connectivity index (χ4v) is 3.09. The van der Waals surface area contributed by atoms with Crippen molar-refractivity contribution in [1.82, 2.24) is 9.88 Å². The average Bonchev–Trinajstić information content (AvgIpc) is 2.73. The number of aromatic nitrogens is 1. The highest BCUT2D eigenvalue weighted by atomic mass is 16.2. The number of likely N-dealkylation sites (tertiary alicyclic amines) is 1. The van der Waals surface area contributed by atoms with Gasteiger partial charge in [-0.2, -0.15) is 0 Å². The van der Waals surface area contributed by atoms with E-state index in [1.54, 1.807) is 0 Å². The second kappa shape index (κ2) is 4.97. The highest BCUT2D eigenvalue weighted by molar-refractivity contribution is 6.08. The van der Waals surface area contributed by atoms with E-state index in [-0.39, 0.29) is 5.91 Å². The van der Waals surface area contributed by atoms with Crippen molar-refractivity contribution in [3.63, 3.8) is 0 Å². The van der Waals surface area contributed by atoms with Gasteiger partial charge >= 0.3 is 0 Å². The monoisotopic (exact) mass is 270 g/mol. The van der Waals surface area contributed by atoms with Crippen LogP contribution in [0.2, 0.25) is 0 Å². The summed E-state index contributed by atoms with van der Waals surface area (Å²) in [6.45, 7) is 8.11. The predicted octanol–water partition coefficient (Wildman–Crippen LogP) is 3.66. The maximum Gasteiger partial charge on any atom is 0.256 e. The fourth-order valence-electron chi connectivity index (χ4n) is 3.09. The number of carbonyl (C=O) groups is 1. The summed E-state index contributed by atoms with van der Waals surface area (Å²) in [5, 5.41) is 1.05. The molecule has 0 atom stereocenters. The van der Waals surface area contributed by atoms with Gasteiger partial charge in [0.1, 0.15) is 0 Å². The van der Waals surface area contributed by atoms with Crippen LogP contribution in [0.25, 0.3) is 10.9 Å². The molecule has 1 saturated heterocycles. The van der Waals surface area contributed by atoms with Gasteiger partial charge in [-0.3, -0.25) is 4.79 Å². The number of amides is 1. The lowest BCUT2D eigenvalue weighted by Gasteiger charge is -2.30. The Kier molecular flexibility index (Phi) is 3.28. The first-order chi connectivity index (χ1) is 9.56. The number of benzene rings is 1. The summed E-state index contributed by atoms with van der Waals surface area (Å²) in [5.74, 6) is 0.926. The molecule has 3 heteroatoms. The minimum atomic E-state index is 0.185. The maximum atomic E-state index is 12.8. The van der Waals surface area contributed by atoms with Gasteiger partial charge < -0.3 is 9.88 Å². The van der Waals surface area contributed by atoms with Crippen molar-refractivity contribution in [2.75, 3.05) is 13.1 Å². The third-order valence-electron chi connectivity index (χ3n) is 4.43. The number of aryl methyl sites for hydroxylation is 2. The van der Waals surface area contributed by atoms with Crippen LogP contribution in [0.15, 0.2) is 18.2 Å². The molecule has 1 aromatic carbocycles. The molecule has 106 valence electrons. The first-order valence-corrected chi connectivity index (χ1v) is 7.44. The Hall–Kier alpha value is -1.77. The molecular formula is C17H22N2O. The number of nitrogens with one attached hydrogen (secondary N) is 1. The van der Waals surface area contributed by atoms with Crippen LogP contribution in [0.4, 0.5) is 0 Å². The van der Waals surface area contributed by atoms with Gasteiger partial charge in [-0.1, -0.05) is 19.1 Å². The Bertz CT molecular complexity index is 648. The molecule has 3 nitrogen and oxygen atoms in total. The van der Waals surface area contributed by atoms with Gasteiger partial charge in [0.2, 0.25) is 0 Å². The summed E-state index contributed by atoms with van der Waals surface area (Å²) < 4.78 is 0. The molecule has 0 spiro atoms. The normalized spacial score (nSPS) is 16.9. The van der Waals surface area contributed by atoms with Crippen LogP contribution in [0, 0.1) is 19.8 Å². The first kappa shape index (κ1) is 13.2. The lowest BCUT2D eigenvalue weighted by Crippen LogP contribution is -2.38. The minimum Gasteiger partial charge on any atom is -0.358 e. The number of carbonyl (C=O) groups excluding carboxylic acids is 1. The zero-order chi connectivity index (χ0) is 14.3. The van der Waals surface area contributed by atoms with E-state index in [9.17, 15) is 4.79 Å². The molecule has 1 aliphatic heterocycles. The smallest absolute Gasteiger partial charge is 0.256 e. The maximum absolute atomic E-state index is 12.8. The molecule has 0 bridgehead atoms. The van der Waals surface area contributed by atoms with E-state index in [1.165, 1.54) is 5.56 Å². The third-order valence-corrected chi connectivity index (χ3v) is 4.43. The van der Waals surface area contributed by atoms with Crippen LogP contribution in [0.5, 0.6) is 0 Å². The number of fused-ring (bicyclic) bond motifs is 1. The van der Waals surface area contributed by atoms with Crippen LogP contribution in [-0.4, -0.2) is 28.9 Å². The Labute approximate surface area is 120 Å². The van der Waals surface area contributed by atoms with Gasteiger partial charge in [0, 0.05) is 29.7 Å². The van der Waals surface area contributed by atoms with Crippen molar-refractivity contribution in [3.8, 4) is 0 Å². The molecule has 1 N–H and O–H groups in total. The predicted molar refractivity (Wildman–Crippen MR) is 82.1 cm³/mol. The number of hydrogen-bond acceptors (Lipinski definition) is 1. The number of H-pyrrole nitrogens is 1. The molecule has 1 amide bonds. The van der Waals surface area contributed by atoms with Crippen LogP contribution >= 0.6 is 0 Å². The molecule has 0 aliphatic carbocycles. The topological polar surface area (TPSA) is 36.1 Å². The molecule has 0 radical (unpaired) electrons. The highest BCUT2D eigenvalue weighted by Crippen LogP contribution is 2.26. The number of aromatic amines is 1. The Balaban J connectivity index is 1.97. The molecular weight excluding hydrogens is 248 g/mol. The molecule has 2 heterocycles. The lowest BCUT2D eigenvalue weighted by atomic mass is 9.98. The number of hydrogen-bond donors (Lipinski definition) is 1. The SMILES string of the molecule is Cc1ccc2c(C(=O)N3CCC(C)CC3)c(C)[nH]c2c1. The molecule has 3 rings (SSSR count). The first-order valence-electron chi connectivity index (χ1n) is 7.44. The van der Waals surface area contributed by atoms with E-state index >= 15 is 0 Å². The summed E-state index contributed by atoms with van der Waals surface area (Å²) in [7, 11) is 0. The standard InChI is InChI=1S/C17H22N2O/c1-11-6-8-19(9-7-11)17(20)16-13(3)18-15-10-12(2)4-5-14(15)16/h4-5,10-11,18H,6-9H2,1-3H3. The summed E-state index contributed by atoms with van der Waals surface area (Å²) in [4.78, 5) is 18.2. The highest BCUT2D eigenvalue weighted by Gasteiger charge is 2.25. The quantitative estimate of drug-likeness (QED) is 0.843. The van der Waals surface area contributed by atoms with E-state index in [0.29, 0.717) is 0 Å². The Morgan fingerprint density at radius 2 is 1.95 bits per heavy atom. The van der Waals surface area contributed by atoms with E-state index in [4.69, 9.17) is 0 Å². The van der Waals surface area contributed by atoms with Crippen LogP contribution in [0.1, 0.15) is 41.4 Å². The van der Waals surface area contributed by atoms with E-state index in [2.05, 4.69) is 37.0 Å². The van der Waals surface area contributed by atoms with Gasteiger partial charge in [-0.25, -0.2) is 0 Å². The van der Waals surface area contributed by atoms with Gasteiger partial charge in [0.05, 0.1) is 5.56 Å². The van der Waals surface area contributed by atoms with Crippen molar-refractivity contribution in [1.29, 1.82) is 0 Å². The van der Waals surface area contributed by atoms with Gasteiger partial charge in [-0.15, -0.1) is 0 Å². The van der Waals surface area contributed by atoms with Crippen molar-refractivity contribution in [2.45, 2.75) is 33.6 Å². The van der Waals surface area contributed by atoms with Gasteiger partial charge in [0.25, 0.3) is 5.91 Å². The van der Waals surface area contributed by atoms with Crippen LogP contribution in [-0.2, 0) is 0 Å². The zero-order valence-corrected chi connectivity index (χ0v) is 12.5. The minimum absolute atomic E-state index is 0.185. The van der Waals surface area contributed by atoms with Gasteiger partial charge in [0.15, 0.2) is 0 Å². The lowest BCUT2D eigenvalue weighted by molar-refractivity contribution is 0.0698.